The monoisotopic (exact) mass is 606 g/mol. The first-order valence-electron chi connectivity index (χ1n) is 12.4. The Labute approximate surface area is 233 Å². The standard InChI is InChI=1S/C27H31BrN2O9/c1-14(5-2-3-10-31)27(38)18-12-16(28)8-9-19(18)30(26(27)37)13-15-6-4-7-17(11-15)29-24(35)23-21(33)20(32)22(34)25(36)39-23/h2,4-9,11-12,14,20-23,25,31-34,36,38H,3,10,13H2,1H3,(H,29,35)/b5-2+/t14-,20+,21+,22-,23+,25-,27+/m1/s1. The summed E-state index contributed by atoms with van der Waals surface area (Å²) in [5.74, 6) is -1.97. The molecule has 11 nitrogen and oxygen atoms in total. The number of aliphatic hydroxyl groups is 6. The van der Waals surface area contributed by atoms with Crippen molar-refractivity contribution in [2.45, 2.75) is 56.2 Å². The average molecular weight is 607 g/mol. The normalized spacial score (nSPS) is 29.5. The van der Waals surface area contributed by atoms with E-state index in [0.717, 1.165) is 0 Å². The molecule has 0 radical (unpaired) electrons. The van der Waals surface area contributed by atoms with Crippen LogP contribution >= 0.6 is 15.9 Å². The fraction of sp³-hybridized carbons (Fsp3) is 0.407. The zero-order valence-corrected chi connectivity index (χ0v) is 22.6. The van der Waals surface area contributed by atoms with E-state index in [1.54, 1.807) is 61.5 Å². The zero-order valence-electron chi connectivity index (χ0n) is 21.0. The van der Waals surface area contributed by atoms with E-state index >= 15 is 0 Å². The van der Waals surface area contributed by atoms with Gasteiger partial charge in [0.1, 0.15) is 18.3 Å². The third kappa shape index (κ3) is 5.65. The number of hydrogen-bond acceptors (Lipinski definition) is 9. The summed E-state index contributed by atoms with van der Waals surface area (Å²) in [6, 6.07) is 11.8. The highest BCUT2D eigenvalue weighted by Gasteiger charge is 2.52. The van der Waals surface area contributed by atoms with Crippen molar-refractivity contribution in [1.29, 1.82) is 0 Å². The Morgan fingerprint density at radius 3 is 2.62 bits per heavy atom. The molecule has 0 unspecified atom stereocenters. The lowest BCUT2D eigenvalue weighted by Crippen LogP contribution is -2.60. The highest BCUT2D eigenvalue weighted by molar-refractivity contribution is 9.10. The second kappa shape index (κ2) is 11.8. The summed E-state index contributed by atoms with van der Waals surface area (Å²) in [4.78, 5) is 27.8. The maximum absolute atomic E-state index is 13.7. The highest BCUT2D eigenvalue weighted by Crippen LogP contribution is 2.46. The number of amides is 2. The number of halogens is 1. The number of nitrogens with zero attached hydrogens (tertiary/aromatic N) is 1. The van der Waals surface area contributed by atoms with Crippen LogP contribution in [0.15, 0.2) is 59.1 Å². The van der Waals surface area contributed by atoms with Crippen molar-refractivity contribution < 1.29 is 45.0 Å². The number of fused-ring (bicyclic) bond motifs is 1. The van der Waals surface area contributed by atoms with Crippen LogP contribution in [0.5, 0.6) is 0 Å². The van der Waals surface area contributed by atoms with Crippen molar-refractivity contribution in [2.24, 2.45) is 5.92 Å². The van der Waals surface area contributed by atoms with E-state index in [4.69, 9.17) is 9.84 Å². The molecule has 2 aliphatic heterocycles. The van der Waals surface area contributed by atoms with Crippen LogP contribution in [0.2, 0.25) is 0 Å². The lowest BCUT2D eigenvalue weighted by molar-refractivity contribution is -0.274. The Morgan fingerprint density at radius 1 is 1.15 bits per heavy atom. The Hall–Kier alpha value is -2.68. The number of carbonyl (C=O) groups is 2. The SMILES string of the molecule is C[C@H](/C=C/CCO)[C@@]1(O)C(=O)N(Cc2cccc(NC(=O)[C@H]3O[C@@H](O)[C@H](O)[C@@H](O)[C@@H]3O)c2)c2ccc(Br)cc21. The number of rotatable bonds is 8. The van der Waals surface area contributed by atoms with E-state index in [1.807, 2.05) is 0 Å². The van der Waals surface area contributed by atoms with Gasteiger partial charge in [-0.1, -0.05) is 47.1 Å². The van der Waals surface area contributed by atoms with Gasteiger partial charge in [0.05, 0.1) is 12.2 Å². The van der Waals surface area contributed by atoms with Gasteiger partial charge in [0.25, 0.3) is 11.8 Å². The van der Waals surface area contributed by atoms with E-state index in [2.05, 4.69) is 21.2 Å². The Balaban J connectivity index is 1.56. The molecule has 7 N–H and O–H groups in total. The first kappa shape index (κ1) is 29.3. The minimum atomic E-state index is -1.86. The van der Waals surface area contributed by atoms with Crippen LogP contribution in [0.4, 0.5) is 11.4 Å². The predicted molar refractivity (Wildman–Crippen MR) is 143 cm³/mol. The number of aliphatic hydroxyl groups excluding tert-OH is 5. The molecule has 0 aromatic heterocycles. The molecule has 7 atom stereocenters. The van der Waals surface area contributed by atoms with Crippen LogP contribution in [0.1, 0.15) is 24.5 Å². The van der Waals surface area contributed by atoms with Crippen molar-refractivity contribution in [1.82, 2.24) is 0 Å². The van der Waals surface area contributed by atoms with Crippen LogP contribution in [-0.2, 0) is 26.5 Å². The summed E-state index contributed by atoms with van der Waals surface area (Å²) >= 11 is 3.41. The number of ether oxygens (including phenoxy) is 1. The number of carbonyl (C=O) groups excluding carboxylic acids is 2. The van der Waals surface area contributed by atoms with Gasteiger partial charge in [-0.15, -0.1) is 0 Å². The summed E-state index contributed by atoms with van der Waals surface area (Å²) in [7, 11) is 0. The van der Waals surface area contributed by atoms with E-state index in [-0.39, 0.29) is 13.2 Å². The molecule has 1 fully saturated rings. The van der Waals surface area contributed by atoms with Gasteiger partial charge in [0, 0.05) is 28.2 Å². The molecular weight excluding hydrogens is 576 g/mol. The first-order valence-corrected chi connectivity index (χ1v) is 13.2. The maximum Gasteiger partial charge on any atom is 0.264 e. The molecule has 2 aromatic rings. The molecule has 0 spiro atoms. The molecule has 39 heavy (non-hydrogen) atoms. The maximum atomic E-state index is 13.7. The highest BCUT2D eigenvalue weighted by atomic mass is 79.9. The van der Waals surface area contributed by atoms with Crippen LogP contribution in [0.25, 0.3) is 0 Å². The van der Waals surface area contributed by atoms with Gasteiger partial charge in [-0.3, -0.25) is 9.59 Å². The van der Waals surface area contributed by atoms with Gasteiger partial charge in [-0.2, -0.15) is 0 Å². The molecule has 12 heteroatoms. The molecule has 0 saturated carbocycles. The van der Waals surface area contributed by atoms with Crippen LogP contribution in [0, 0.1) is 5.92 Å². The summed E-state index contributed by atoms with van der Waals surface area (Å²) < 4.78 is 5.67. The minimum Gasteiger partial charge on any atom is -0.396 e. The molecule has 2 amide bonds. The smallest absolute Gasteiger partial charge is 0.264 e. The number of nitrogens with one attached hydrogen (secondary N) is 1. The van der Waals surface area contributed by atoms with Crippen molar-refractivity contribution in [3.8, 4) is 0 Å². The number of hydrogen-bond donors (Lipinski definition) is 7. The van der Waals surface area contributed by atoms with Gasteiger partial charge >= 0.3 is 0 Å². The Bertz CT molecular complexity index is 1260. The number of anilines is 2. The lowest BCUT2D eigenvalue weighted by atomic mass is 9.83. The molecule has 210 valence electrons. The fourth-order valence-electron chi connectivity index (χ4n) is 4.81. The first-order chi connectivity index (χ1) is 18.5. The molecule has 4 rings (SSSR count). The summed E-state index contributed by atoms with van der Waals surface area (Å²) in [5.41, 5.74) is 0.0421. The Morgan fingerprint density at radius 2 is 1.90 bits per heavy atom. The molecule has 2 aromatic carbocycles. The third-order valence-corrected chi connectivity index (χ3v) is 7.49. The van der Waals surface area contributed by atoms with Crippen molar-refractivity contribution in [3.05, 3.63) is 70.2 Å². The molecule has 1 saturated heterocycles. The second-order valence-corrected chi connectivity index (χ2v) is 10.6. The van der Waals surface area contributed by atoms with Gasteiger partial charge in [-0.05, 0) is 42.3 Å². The molecule has 2 aliphatic rings. The summed E-state index contributed by atoms with van der Waals surface area (Å²) in [6.45, 7) is 1.75. The van der Waals surface area contributed by atoms with Gasteiger partial charge in [0.15, 0.2) is 18.0 Å². The van der Waals surface area contributed by atoms with E-state index in [0.29, 0.717) is 33.4 Å². The Kier molecular flexibility index (Phi) is 8.88. The topological polar surface area (TPSA) is 180 Å². The van der Waals surface area contributed by atoms with Crippen molar-refractivity contribution in [3.63, 3.8) is 0 Å². The fourth-order valence-corrected chi connectivity index (χ4v) is 5.17. The van der Waals surface area contributed by atoms with E-state index < -0.39 is 54.0 Å². The second-order valence-electron chi connectivity index (χ2n) is 9.66. The lowest BCUT2D eigenvalue weighted by Gasteiger charge is -2.37. The largest absolute Gasteiger partial charge is 0.396 e. The number of benzene rings is 2. The van der Waals surface area contributed by atoms with Crippen molar-refractivity contribution in [2.75, 3.05) is 16.8 Å². The van der Waals surface area contributed by atoms with Gasteiger partial charge in [0.2, 0.25) is 0 Å². The summed E-state index contributed by atoms with van der Waals surface area (Å²) in [6.07, 6.45) is -4.99. The molecule has 0 bridgehead atoms. The summed E-state index contributed by atoms with van der Waals surface area (Å²) in [5, 5.41) is 62.7. The molecule has 0 aliphatic carbocycles. The molecular formula is C27H31BrN2O9. The van der Waals surface area contributed by atoms with E-state index in [1.165, 1.54) is 4.90 Å². The zero-order chi connectivity index (χ0) is 28.5. The van der Waals surface area contributed by atoms with Crippen molar-refractivity contribution >= 4 is 39.1 Å². The third-order valence-electron chi connectivity index (χ3n) is 6.99. The molecule has 2 heterocycles. The quantitative estimate of drug-likeness (QED) is 0.210. The van der Waals surface area contributed by atoms with Gasteiger partial charge < -0.3 is 45.6 Å². The average Bonchev–Trinajstić information content (AvgIpc) is 3.11. The minimum absolute atomic E-state index is 0.0499. The van der Waals surface area contributed by atoms with Crippen LogP contribution in [-0.4, -0.2) is 79.8 Å². The van der Waals surface area contributed by atoms with Crippen LogP contribution in [0.3, 0.4) is 0 Å². The van der Waals surface area contributed by atoms with Gasteiger partial charge in [-0.25, -0.2) is 0 Å². The predicted octanol–water partition coefficient (Wildman–Crippen LogP) is 0.497. The van der Waals surface area contributed by atoms with E-state index in [9.17, 15) is 35.1 Å². The van der Waals surface area contributed by atoms with Crippen LogP contribution < -0.4 is 10.2 Å².